The molecule has 2 N–H and O–H groups in total. The Kier molecular flexibility index (Phi) is 6.42. The van der Waals surface area contributed by atoms with Crippen LogP contribution >= 0.6 is 0 Å². The maximum absolute atomic E-state index is 11.6. The Bertz CT molecular complexity index is 205. The Morgan fingerprint density at radius 3 is 2.81 bits per heavy atom. The molecule has 0 aromatic rings. The molecule has 0 radical (unpaired) electrons. The third-order valence-electron chi connectivity index (χ3n) is 2.58. The van der Waals surface area contributed by atoms with Crippen molar-refractivity contribution in [3.05, 3.63) is 0 Å². The Hall–Kier alpha value is -0.610. The molecule has 16 heavy (non-hydrogen) atoms. The zero-order valence-electron chi connectivity index (χ0n) is 10.4. The van der Waals surface area contributed by atoms with Gasteiger partial charge >= 0.3 is 0 Å². The topological polar surface area (TPSA) is 50.4 Å². The third kappa shape index (κ3) is 6.08. The fourth-order valence-corrected chi connectivity index (χ4v) is 1.39. The van der Waals surface area contributed by atoms with Crippen LogP contribution in [0.2, 0.25) is 0 Å². The predicted octanol–water partition coefficient (Wildman–Crippen LogP) is 1.06. The molecule has 1 amide bonds. The summed E-state index contributed by atoms with van der Waals surface area (Å²) in [5.74, 6) is 0.122. The van der Waals surface area contributed by atoms with Gasteiger partial charge in [0.2, 0.25) is 5.91 Å². The maximum Gasteiger partial charge on any atom is 0.237 e. The van der Waals surface area contributed by atoms with E-state index in [1.807, 2.05) is 6.92 Å². The van der Waals surface area contributed by atoms with E-state index >= 15 is 0 Å². The van der Waals surface area contributed by atoms with Crippen molar-refractivity contribution in [2.75, 3.05) is 19.8 Å². The average Bonchev–Trinajstić information content (AvgIpc) is 3.06. The summed E-state index contributed by atoms with van der Waals surface area (Å²) >= 11 is 0. The second-order valence-electron chi connectivity index (χ2n) is 4.42. The van der Waals surface area contributed by atoms with Crippen LogP contribution in [0.15, 0.2) is 0 Å². The normalized spacial score (nSPS) is 17.1. The minimum absolute atomic E-state index is 0.0909. The summed E-state index contributed by atoms with van der Waals surface area (Å²) in [6.45, 7) is 6.45. The molecule has 1 aliphatic rings. The van der Waals surface area contributed by atoms with E-state index < -0.39 is 0 Å². The molecule has 0 aromatic heterocycles. The van der Waals surface area contributed by atoms with Gasteiger partial charge in [-0.1, -0.05) is 6.92 Å². The highest BCUT2D eigenvalue weighted by Crippen LogP contribution is 2.18. The third-order valence-corrected chi connectivity index (χ3v) is 2.58. The molecule has 4 nitrogen and oxygen atoms in total. The lowest BCUT2D eigenvalue weighted by Gasteiger charge is -2.13. The van der Waals surface area contributed by atoms with Crippen molar-refractivity contribution >= 4 is 5.91 Å². The second-order valence-corrected chi connectivity index (χ2v) is 4.42. The monoisotopic (exact) mass is 228 g/mol. The van der Waals surface area contributed by atoms with Crippen molar-refractivity contribution < 1.29 is 9.53 Å². The van der Waals surface area contributed by atoms with E-state index in [1.165, 1.54) is 0 Å². The van der Waals surface area contributed by atoms with Gasteiger partial charge in [-0.25, -0.2) is 0 Å². The zero-order valence-corrected chi connectivity index (χ0v) is 10.4. The van der Waals surface area contributed by atoms with Crippen molar-refractivity contribution in [2.45, 2.75) is 51.6 Å². The minimum Gasteiger partial charge on any atom is -0.381 e. The van der Waals surface area contributed by atoms with Crippen LogP contribution in [0.25, 0.3) is 0 Å². The van der Waals surface area contributed by atoms with Crippen molar-refractivity contribution in [2.24, 2.45) is 0 Å². The van der Waals surface area contributed by atoms with E-state index in [-0.39, 0.29) is 11.9 Å². The van der Waals surface area contributed by atoms with Gasteiger partial charge in [-0.3, -0.25) is 4.79 Å². The molecular weight excluding hydrogens is 204 g/mol. The van der Waals surface area contributed by atoms with Gasteiger partial charge in [0.25, 0.3) is 0 Å². The number of hydrogen-bond donors (Lipinski definition) is 2. The van der Waals surface area contributed by atoms with Crippen molar-refractivity contribution in [3.8, 4) is 0 Å². The van der Waals surface area contributed by atoms with E-state index in [4.69, 9.17) is 4.74 Å². The van der Waals surface area contributed by atoms with Crippen molar-refractivity contribution in [1.82, 2.24) is 10.6 Å². The summed E-state index contributed by atoms with van der Waals surface area (Å²) in [5, 5.41) is 6.18. The SMILES string of the molecule is CCCOCCCNC(C)C(=O)NC1CC1. The van der Waals surface area contributed by atoms with Gasteiger partial charge in [-0.05, 0) is 39.2 Å². The average molecular weight is 228 g/mol. The number of carbonyl (C=O) groups excluding carboxylic acids is 1. The van der Waals surface area contributed by atoms with Gasteiger partial charge in [-0.2, -0.15) is 0 Å². The van der Waals surface area contributed by atoms with E-state index in [0.717, 1.165) is 45.4 Å². The van der Waals surface area contributed by atoms with Gasteiger partial charge in [0.1, 0.15) is 0 Å². The summed E-state index contributed by atoms with van der Waals surface area (Å²) in [4.78, 5) is 11.6. The molecule has 0 bridgehead atoms. The number of carbonyl (C=O) groups is 1. The van der Waals surface area contributed by atoms with Crippen LogP contribution in [-0.2, 0) is 9.53 Å². The molecule has 1 unspecified atom stereocenters. The maximum atomic E-state index is 11.6. The molecule has 1 saturated carbocycles. The molecule has 0 heterocycles. The van der Waals surface area contributed by atoms with Gasteiger partial charge in [-0.15, -0.1) is 0 Å². The number of rotatable bonds is 9. The summed E-state index contributed by atoms with van der Waals surface area (Å²) in [5.41, 5.74) is 0. The molecule has 94 valence electrons. The first-order valence-corrected chi connectivity index (χ1v) is 6.35. The Balaban J connectivity index is 1.92. The molecule has 1 rings (SSSR count). The number of hydrogen-bond acceptors (Lipinski definition) is 3. The van der Waals surface area contributed by atoms with Crippen LogP contribution in [0, 0.1) is 0 Å². The van der Waals surface area contributed by atoms with Crippen LogP contribution in [0.5, 0.6) is 0 Å². The van der Waals surface area contributed by atoms with Gasteiger partial charge < -0.3 is 15.4 Å². The van der Waals surface area contributed by atoms with Gasteiger partial charge in [0.05, 0.1) is 6.04 Å². The number of nitrogens with one attached hydrogen (secondary N) is 2. The first-order valence-electron chi connectivity index (χ1n) is 6.35. The quantitative estimate of drug-likeness (QED) is 0.580. The van der Waals surface area contributed by atoms with E-state index in [2.05, 4.69) is 17.6 Å². The van der Waals surface area contributed by atoms with Crippen molar-refractivity contribution in [3.63, 3.8) is 0 Å². The first-order chi connectivity index (χ1) is 7.74. The molecule has 1 aliphatic carbocycles. The van der Waals surface area contributed by atoms with Gasteiger partial charge in [0, 0.05) is 19.3 Å². The van der Waals surface area contributed by atoms with Crippen LogP contribution in [-0.4, -0.2) is 37.7 Å². The Labute approximate surface area is 98.1 Å². The van der Waals surface area contributed by atoms with Crippen LogP contribution < -0.4 is 10.6 Å². The standard InChI is InChI=1S/C12H24N2O2/c1-3-8-16-9-4-7-13-10(2)12(15)14-11-5-6-11/h10-11,13H,3-9H2,1-2H3,(H,14,15). The summed E-state index contributed by atoms with van der Waals surface area (Å²) < 4.78 is 5.36. The Morgan fingerprint density at radius 2 is 2.19 bits per heavy atom. The van der Waals surface area contributed by atoms with Crippen LogP contribution in [0.4, 0.5) is 0 Å². The fourth-order valence-electron chi connectivity index (χ4n) is 1.39. The minimum atomic E-state index is -0.0909. The molecule has 1 atom stereocenters. The molecular formula is C12H24N2O2. The van der Waals surface area contributed by atoms with Crippen LogP contribution in [0.1, 0.15) is 39.5 Å². The number of amides is 1. The summed E-state index contributed by atoms with van der Waals surface area (Å²) in [6.07, 6.45) is 4.31. The van der Waals surface area contributed by atoms with E-state index in [9.17, 15) is 4.79 Å². The highest BCUT2D eigenvalue weighted by Gasteiger charge is 2.25. The Morgan fingerprint density at radius 1 is 1.44 bits per heavy atom. The highest BCUT2D eigenvalue weighted by molar-refractivity contribution is 5.81. The molecule has 0 aliphatic heterocycles. The second kappa shape index (κ2) is 7.63. The van der Waals surface area contributed by atoms with E-state index in [0.29, 0.717) is 6.04 Å². The lowest BCUT2D eigenvalue weighted by atomic mass is 10.3. The lowest BCUT2D eigenvalue weighted by molar-refractivity contribution is -0.122. The van der Waals surface area contributed by atoms with Crippen molar-refractivity contribution in [1.29, 1.82) is 0 Å². The smallest absolute Gasteiger partial charge is 0.237 e. The fraction of sp³-hybridized carbons (Fsp3) is 0.917. The van der Waals surface area contributed by atoms with Gasteiger partial charge in [0.15, 0.2) is 0 Å². The molecule has 0 spiro atoms. The molecule has 1 fully saturated rings. The molecule has 4 heteroatoms. The highest BCUT2D eigenvalue weighted by atomic mass is 16.5. The molecule has 0 aromatic carbocycles. The van der Waals surface area contributed by atoms with E-state index in [1.54, 1.807) is 0 Å². The predicted molar refractivity (Wildman–Crippen MR) is 64.4 cm³/mol. The first kappa shape index (κ1) is 13.5. The zero-order chi connectivity index (χ0) is 11.8. The summed E-state index contributed by atoms with van der Waals surface area (Å²) in [7, 11) is 0. The largest absolute Gasteiger partial charge is 0.381 e. The summed E-state index contributed by atoms with van der Waals surface area (Å²) in [6, 6.07) is 0.358. The van der Waals surface area contributed by atoms with Crippen LogP contribution in [0.3, 0.4) is 0 Å². The number of ether oxygens (including phenoxy) is 1. The molecule has 0 saturated heterocycles. The lowest BCUT2D eigenvalue weighted by Crippen LogP contribution is -2.43.